The maximum Gasteiger partial charge on any atom is 0.344 e. The number of allylic oxidation sites excluding steroid dienone is 1. The zero-order valence-corrected chi connectivity index (χ0v) is 8.47. The highest BCUT2D eigenvalue weighted by Crippen LogP contribution is 2.12. The van der Waals surface area contributed by atoms with Crippen LogP contribution in [0.1, 0.15) is 20.7 Å². The fourth-order valence-electron chi connectivity index (χ4n) is 1.06. The molecule has 0 amide bonds. The molecule has 0 heterocycles. The quantitative estimate of drug-likeness (QED) is 0.478. The summed E-state index contributed by atoms with van der Waals surface area (Å²) in [6, 6.07) is 5.79. The summed E-state index contributed by atoms with van der Waals surface area (Å²) in [5.74, 6) is -1.87. The monoisotopic (exact) mass is 218 g/mol. The van der Waals surface area contributed by atoms with E-state index in [4.69, 9.17) is 9.84 Å². The summed E-state index contributed by atoms with van der Waals surface area (Å²) < 4.78 is 4.76. The number of carbonyl (C=O) groups is 2. The van der Waals surface area contributed by atoms with Crippen LogP contribution in [0.25, 0.3) is 0 Å². The Morgan fingerprint density at radius 2 is 1.81 bits per heavy atom. The van der Waals surface area contributed by atoms with Gasteiger partial charge in [0.15, 0.2) is 0 Å². The fraction of sp³-hybridized carbons (Fsp3) is 0. The molecule has 1 N–H and O–H groups in total. The molecular weight excluding hydrogens is 208 g/mol. The van der Waals surface area contributed by atoms with Crippen molar-refractivity contribution in [1.29, 1.82) is 0 Å². The Morgan fingerprint density at radius 3 is 2.31 bits per heavy atom. The molecule has 0 aliphatic rings. The van der Waals surface area contributed by atoms with Crippen molar-refractivity contribution < 1.29 is 19.4 Å². The number of rotatable bonds is 4. The minimum atomic E-state index is -1.18. The first-order valence-corrected chi connectivity index (χ1v) is 4.42. The minimum Gasteiger partial charge on any atom is -0.478 e. The molecule has 0 radical (unpaired) electrons. The third-order valence-electron chi connectivity index (χ3n) is 1.83. The van der Waals surface area contributed by atoms with Gasteiger partial charge < -0.3 is 9.84 Å². The first-order valence-electron chi connectivity index (χ1n) is 4.42. The number of ether oxygens (including phenoxy) is 1. The smallest absolute Gasteiger partial charge is 0.344 e. The Morgan fingerprint density at radius 1 is 1.25 bits per heavy atom. The van der Waals surface area contributed by atoms with Gasteiger partial charge in [0.25, 0.3) is 0 Å². The fourth-order valence-corrected chi connectivity index (χ4v) is 1.06. The van der Waals surface area contributed by atoms with Gasteiger partial charge >= 0.3 is 11.9 Å². The van der Waals surface area contributed by atoms with Crippen LogP contribution in [0, 0.1) is 0 Å². The predicted octanol–water partition coefficient (Wildman–Crippen LogP) is 2.24. The molecule has 4 heteroatoms. The number of hydrogen-bond acceptors (Lipinski definition) is 3. The summed E-state index contributed by atoms with van der Waals surface area (Å²) in [7, 11) is 0. The molecule has 1 aromatic carbocycles. The van der Waals surface area contributed by atoms with Gasteiger partial charge in [0.1, 0.15) is 5.76 Å². The molecule has 0 spiro atoms. The summed E-state index contributed by atoms with van der Waals surface area (Å²) in [5, 5.41) is 8.86. The molecule has 1 rings (SSSR count). The molecule has 0 saturated heterocycles. The molecule has 16 heavy (non-hydrogen) atoms. The van der Waals surface area contributed by atoms with Gasteiger partial charge in [0.05, 0.1) is 11.1 Å². The number of esters is 1. The van der Waals surface area contributed by atoms with E-state index in [0.717, 1.165) is 0 Å². The van der Waals surface area contributed by atoms with Crippen LogP contribution in [0.15, 0.2) is 49.3 Å². The first kappa shape index (κ1) is 11.7. The predicted molar refractivity (Wildman–Crippen MR) is 58.2 cm³/mol. The number of aromatic carboxylic acids is 1. The zero-order valence-electron chi connectivity index (χ0n) is 8.47. The van der Waals surface area contributed by atoms with E-state index in [1.807, 2.05) is 0 Å². The van der Waals surface area contributed by atoms with Crippen molar-refractivity contribution in [3.05, 3.63) is 60.4 Å². The number of carboxylic acids is 1. The molecule has 1 aromatic rings. The van der Waals surface area contributed by atoms with Gasteiger partial charge in [0.2, 0.25) is 0 Å². The molecule has 0 bridgehead atoms. The normalized spacial score (nSPS) is 9.25. The summed E-state index contributed by atoms with van der Waals surface area (Å²) in [6.45, 7) is 6.78. The Bertz CT molecular complexity index is 460. The number of carbonyl (C=O) groups excluding carboxylic acids is 1. The lowest BCUT2D eigenvalue weighted by Gasteiger charge is -2.05. The van der Waals surface area contributed by atoms with Crippen LogP contribution in [0.3, 0.4) is 0 Å². The standard InChI is InChI=1S/C12H10O4/c1-3-8(2)16-12(15)10-7-5-4-6-9(10)11(13)14/h3-7H,1-2H2,(H,13,14). The van der Waals surface area contributed by atoms with Gasteiger partial charge in [-0.15, -0.1) is 0 Å². The average molecular weight is 218 g/mol. The van der Waals surface area contributed by atoms with Crippen molar-refractivity contribution in [1.82, 2.24) is 0 Å². The van der Waals surface area contributed by atoms with Gasteiger partial charge in [-0.2, -0.15) is 0 Å². The zero-order chi connectivity index (χ0) is 12.1. The second-order valence-corrected chi connectivity index (χ2v) is 2.91. The average Bonchev–Trinajstić information content (AvgIpc) is 2.28. The van der Waals surface area contributed by atoms with Crippen molar-refractivity contribution in [2.75, 3.05) is 0 Å². The molecule has 0 aliphatic heterocycles. The largest absolute Gasteiger partial charge is 0.478 e. The minimum absolute atomic E-state index is 0.0157. The van der Waals surface area contributed by atoms with Gasteiger partial charge in [-0.3, -0.25) is 0 Å². The van der Waals surface area contributed by atoms with Gasteiger partial charge in [-0.25, -0.2) is 9.59 Å². The summed E-state index contributed by atoms with van der Waals surface area (Å²) in [4.78, 5) is 22.4. The molecule has 82 valence electrons. The Kier molecular flexibility index (Phi) is 3.61. The SMILES string of the molecule is C=CC(=C)OC(=O)c1ccccc1C(=O)O. The topological polar surface area (TPSA) is 63.6 Å². The van der Waals surface area contributed by atoms with Gasteiger partial charge in [-0.05, 0) is 18.2 Å². The van der Waals surface area contributed by atoms with Crippen molar-refractivity contribution >= 4 is 11.9 Å². The van der Waals surface area contributed by atoms with E-state index in [1.165, 1.54) is 24.3 Å². The Labute approximate surface area is 92.5 Å². The lowest BCUT2D eigenvalue weighted by Crippen LogP contribution is -2.10. The van der Waals surface area contributed by atoms with Crippen LogP contribution < -0.4 is 0 Å². The van der Waals surface area contributed by atoms with Crippen LogP contribution in [0.2, 0.25) is 0 Å². The highest BCUT2D eigenvalue weighted by Gasteiger charge is 2.17. The molecule has 4 nitrogen and oxygen atoms in total. The van der Waals surface area contributed by atoms with Gasteiger partial charge in [0, 0.05) is 0 Å². The Balaban J connectivity index is 3.03. The molecule has 0 fully saturated rings. The first-order chi connectivity index (χ1) is 7.56. The van der Waals surface area contributed by atoms with Crippen LogP contribution in [0.5, 0.6) is 0 Å². The molecular formula is C12H10O4. The third kappa shape index (κ3) is 2.57. The van der Waals surface area contributed by atoms with Crippen molar-refractivity contribution in [2.24, 2.45) is 0 Å². The Hall–Kier alpha value is -2.36. The molecule has 0 saturated carbocycles. The van der Waals surface area contributed by atoms with Crippen LogP contribution in [0.4, 0.5) is 0 Å². The second-order valence-electron chi connectivity index (χ2n) is 2.91. The van der Waals surface area contributed by atoms with Gasteiger partial charge in [-0.1, -0.05) is 25.3 Å². The maximum absolute atomic E-state index is 11.5. The van der Waals surface area contributed by atoms with Crippen LogP contribution >= 0.6 is 0 Å². The number of benzene rings is 1. The summed E-state index contributed by atoms with van der Waals surface area (Å²) >= 11 is 0. The summed E-state index contributed by atoms with van der Waals surface area (Å²) in [6.07, 6.45) is 1.27. The molecule has 0 unspecified atom stereocenters. The van der Waals surface area contributed by atoms with Crippen molar-refractivity contribution in [3.8, 4) is 0 Å². The maximum atomic E-state index is 11.5. The van der Waals surface area contributed by atoms with E-state index in [2.05, 4.69) is 13.2 Å². The molecule has 0 aromatic heterocycles. The lowest BCUT2D eigenvalue weighted by molar-refractivity contribution is 0.0614. The van der Waals surface area contributed by atoms with E-state index in [0.29, 0.717) is 0 Å². The van der Waals surface area contributed by atoms with E-state index < -0.39 is 11.9 Å². The van der Waals surface area contributed by atoms with Crippen molar-refractivity contribution in [3.63, 3.8) is 0 Å². The van der Waals surface area contributed by atoms with E-state index in [-0.39, 0.29) is 16.9 Å². The number of hydrogen-bond donors (Lipinski definition) is 1. The molecule has 0 aliphatic carbocycles. The van der Waals surface area contributed by atoms with E-state index in [9.17, 15) is 9.59 Å². The van der Waals surface area contributed by atoms with Crippen molar-refractivity contribution in [2.45, 2.75) is 0 Å². The lowest BCUT2D eigenvalue weighted by atomic mass is 10.1. The second kappa shape index (κ2) is 4.93. The van der Waals surface area contributed by atoms with E-state index in [1.54, 1.807) is 6.07 Å². The highest BCUT2D eigenvalue weighted by molar-refractivity contribution is 6.02. The van der Waals surface area contributed by atoms with Crippen LogP contribution in [-0.2, 0) is 4.74 Å². The van der Waals surface area contributed by atoms with Crippen LogP contribution in [-0.4, -0.2) is 17.0 Å². The number of carboxylic acid groups (broad SMARTS) is 1. The highest BCUT2D eigenvalue weighted by atomic mass is 16.5. The third-order valence-corrected chi connectivity index (χ3v) is 1.83. The molecule has 0 atom stereocenters. The summed E-state index contributed by atoms with van der Waals surface area (Å²) in [5.41, 5.74) is -0.123. The van der Waals surface area contributed by atoms with E-state index >= 15 is 0 Å².